The molecule has 0 saturated carbocycles. The first-order valence-electron chi connectivity index (χ1n) is 5.98. The zero-order chi connectivity index (χ0) is 13.7. The highest BCUT2D eigenvalue weighted by molar-refractivity contribution is 5.95. The molecule has 0 atom stereocenters. The van der Waals surface area contributed by atoms with Gasteiger partial charge in [-0.25, -0.2) is 4.98 Å². The molecule has 0 spiro atoms. The molecule has 100 valence electrons. The van der Waals surface area contributed by atoms with Crippen LogP contribution in [0.25, 0.3) is 10.8 Å². The van der Waals surface area contributed by atoms with E-state index in [9.17, 15) is 4.79 Å². The first kappa shape index (κ1) is 13.1. The molecule has 0 radical (unpaired) electrons. The maximum Gasteiger partial charge on any atom is 0.307 e. The number of methoxy groups -OCH3 is 2. The van der Waals surface area contributed by atoms with Crippen LogP contribution in [0, 0.1) is 0 Å². The van der Waals surface area contributed by atoms with Gasteiger partial charge in [-0.2, -0.15) is 0 Å². The Bertz CT molecular complexity index is 584. The van der Waals surface area contributed by atoms with Gasteiger partial charge in [0, 0.05) is 23.5 Å². The van der Waals surface area contributed by atoms with Gasteiger partial charge in [0.25, 0.3) is 0 Å². The number of esters is 1. The van der Waals surface area contributed by atoms with Crippen LogP contribution < -0.4 is 10.1 Å². The number of aromatic nitrogens is 1. The van der Waals surface area contributed by atoms with Crippen molar-refractivity contribution in [2.45, 2.75) is 6.42 Å². The molecule has 2 aromatic rings. The van der Waals surface area contributed by atoms with E-state index >= 15 is 0 Å². The highest BCUT2D eigenvalue weighted by atomic mass is 16.5. The van der Waals surface area contributed by atoms with Crippen molar-refractivity contribution >= 4 is 22.6 Å². The average Bonchev–Trinajstić information content (AvgIpc) is 2.46. The number of anilines is 1. The molecule has 0 unspecified atom stereocenters. The van der Waals surface area contributed by atoms with Crippen LogP contribution >= 0.6 is 0 Å². The number of benzene rings is 1. The van der Waals surface area contributed by atoms with E-state index in [0.29, 0.717) is 13.0 Å². The van der Waals surface area contributed by atoms with E-state index < -0.39 is 0 Å². The second kappa shape index (κ2) is 6.04. The molecule has 2 rings (SSSR count). The van der Waals surface area contributed by atoms with Gasteiger partial charge in [-0.3, -0.25) is 4.79 Å². The van der Waals surface area contributed by atoms with E-state index in [1.807, 2.05) is 24.3 Å². The van der Waals surface area contributed by atoms with E-state index in [1.54, 1.807) is 13.3 Å². The highest BCUT2D eigenvalue weighted by Gasteiger charge is 2.06. The van der Waals surface area contributed by atoms with E-state index in [0.717, 1.165) is 22.3 Å². The quantitative estimate of drug-likeness (QED) is 0.835. The molecule has 5 nitrogen and oxygen atoms in total. The Morgan fingerprint density at radius 1 is 1.26 bits per heavy atom. The third-order valence-corrected chi connectivity index (χ3v) is 2.84. The van der Waals surface area contributed by atoms with Crippen molar-refractivity contribution in [2.24, 2.45) is 0 Å². The smallest absolute Gasteiger partial charge is 0.307 e. The number of hydrogen-bond acceptors (Lipinski definition) is 5. The fourth-order valence-electron chi connectivity index (χ4n) is 1.88. The maximum atomic E-state index is 11.1. The standard InChI is InChI=1S/C14H16N2O3/c1-18-12-5-3-4-11-10(12)6-8-15-14(11)16-9-7-13(17)19-2/h3-6,8H,7,9H2,1-2H3,(H,15,16). The SMILES string of the molecule is COC(=O)CCNc1nccc2c(OC)cccc12. The zero-order valence-electron chi connectivity index (χ0n) is 11.0. The predicted octanol–water partition coefficient (Wildman–Crippen LogP) is 2.22. The first-order chi connectivity index (χ1) is 9.26. The second-order valence-corrected chi connectivity index (χ2v) is 3.97. The molecule has 1 aromatic carbocycles. The first-order valence-corrected chi connectivity index (χ1v) is 5.98. The molecule has 0 aliphatic carbocycles. The number of pyridine rings is 1. The minimum Gasteiger partial charge on any atom is -0.496 e. The predicted molar refractivity (Wildman–Crippen MR) is 73.4 cm³/mol. The molecular weight excluding hydrogens is 244 g/mol. The lowest BCUT2D eigenvalue weighted by Gasteiger charge is -2.10. The van der Waals surface area contributed by atoms with E-state index in [4.69, 9.17) is 4.74 Å². The monoisotopic (exact) mass is 260 g/mol. The lowest BCUT2D eigenvalue weighted by atomic mass is 10.1. The third-order valence-electron chi connectivity index (χ3n) is 2.84. The molecule has 5 heteroatoms. The largest absolute Gasteiger partial charge is 0.496 e. The Morgan fingerprint density at radius 2 is 2.11 bits per heavy atom. The Morgan fingerprint density at radius 3 is 2.84 bits per heavy atom. The van der Waals surface area contributed by atoms with E-state index in [2.05, 4.69) is 15.0 Å². The van der Waals surface area contributed by atoms with Crippen LogP contribution in [-0.4, -0.2) is 31.7 Å². The maximum absolute atomic E-state index is 11.1. The lowest BCUT2D eigenvalue weighted by molar-refractivity contribution is -0.140. The van der Waals surface area contributed by atoms with Crippen molar-refractivity contribution in [3.63, 3.8) is 0 Å². The van der Waals surface area contributed by atoms with Crippen molar-refractivity contribution in [1.29, 1.82) is 0 Å². The fraction of sp³-hybridized carbons (Fsp3) is 0.286. The van der Waals surface area contributed by atoms with Crippen molar-refractivity contribution in [3.05, 3.63) is 30.5 Å². The summed E-state index contributed by atoms with van der Waals surface area (Å²) >= 11 is 0. The summed E-state index contributed by atoms with van der Waals surface area (Å²) in [6.45, 7) is 0.482. The van der Waals surface area contributed by atoms with Crippen molar-refractivity contribution in [1.82, 2.24) is 4.98 Å². The van der Waals surface area contributed by atoms with Gasteiger partial charge in [-0.05, 0) is 12.1 Å². The molecule has 0 aliphatic rings. The molecule has 1 N–H and O–H groups in total. The number of rotatable bonds is 5. The summed E-state index contributed by atoms with van der Waals surface area (Å²) in [5, 5.41) is 5.09. The van der Waals surface area contributed by atoms with Crippen LogP contribution in [0.15, 0.2) is 30.5 Å². The van der Waals surface area contributed by atoms with Crippen molar-refractivity contribution in [2.75, 3.05) is 26.1 Å². The molecule has 1 aromatic heterocycles. The van der Waals surface area contributed by atoms with Gasteiger partial charge >= 0.3 is 5.97 Å². The summed E-state index contributed by atoms with van der Waals surface area (Å²) in [5.41, 5.74) is 0. The van der Waals surface area contributed by atoms with Gasteiger partial charge in [0.2, 0.25) is 0 Å². The molecule has 0 bridgehead atoms. The van der Waals surface area contributed by atoms with Gasteiger partial charge in [0.05, 0.1) is 20.6 Å². The van der Waals surface area contributed by atoms with Crippen molar-refractivity contribution < 1.29 is 14.3 Å². The van der Waals surface area contributed by atoms with Gasteiger partial charge < -0.3 is 14.8 Å². The number of carbonyl (C=O) groups excluding carboxylic acids is 1. The van der Waals surface area contributed by atoms with Gasteiger partial charge in [0.1, 0.15) is 11.6 Å². The molecule has 0 amide bonds. The van der Waals surface area contributed by atoms with Crippen LogP contribution in [0.3, 0.4) is 0 Å². The highest BCUT2D eigenvalue weighted by Crippen LogP contribution is 2.28. The minimum atomic E-state index is -0.245. The van der Waals surface area contributed by atoms with E-state index in [1.165, 1.54) is 7.11 Å². The van der Waals surface area contributed by atoms with Gasteiger partial charge in [0.15, 0.2) is 0 Å². The van der Waals surface area contributed by atoms with Crippen LogP contribution in [0.5, 0.6) is 5.75 Å². The lowest BCUT2D eigenvalue weighted by Crippen LogP contribution is -2.10. The molecular formula is C14H16N2O3. The van der Waals surface area contributed by atoms with Gasteiger partial charge in [-0.15, -0.1) is 0 Å². The molecule has 0 fully saturated rings. The summed E-state index contributed by atoms with van der Waals surface area (Å²) in [4.78, 5) is 15.3. The third kappa shape index (κ3) is 2.93. The Hall–Kier alpha value is -2.30. The summed E-state index contributed by atoms with van der Waals surface area (Å²) < 4.78 is 9.91. The van der Waals surface area contributed by atoms with E-state index in [-0.39, 0.29) is 5.97 Å². The summed E-state index contributed by atoms with van der Waals surface area (Å²) in [6, 6.07) is 7.68. The zero-order valence-corrected chi connectivity index (χ0v) is 11.0. The Kier molecular flexibility index (Phi) is 4.18. The number of ether oxygens (including phenoxy) is 2. The number of nitrogens with zero attached hydrogens (tertiary/aromatic N) is 1. The Balaban J connectivity index is 2.21. The van der Waals surface area contributed by atoms with Gasteiger partial charge in [-0.1, -0.05) is 12.1 Å². The normalized spacial score (nSPS) is 10.2. The average molecular weight is 260 g/mol. The Labute approximate surface area is 111 Å². The number of nitrogens with one attached hydrogen (secondary N) is 1. The van der Waals surface area contributed by atoms with Crippen LogP contribution in [0.1, 0.15) is 6.42 Å². The molecule has 0 aliphatic heterocycles. The molecule has 0 saturated heterocycles. The topological polar surface area (TPSA) is 60.5 Å². The summed E-state index contributed by atoms with van der Waals surface area (Å²) in [6.07, 6.45) is 2.02. The summed E-state index contributed by atoms with van der Waals surface area (Å²) in [7, 11) is 3.02. The van der Waals surface area contributed by atoms with Crippen LogP contribution in [-0.2, 0) is 9.53 Å². The van der Waals surface area contributed by atoms with Crippen LogP contribution in [0.2, 0.25) is 0 Å². The molecule has 19 heavy (non-hydrogen) atoms. The fourth-order valence-corrected chi connectivity index (χ4v) is 1.88. The van der Waals surface area contributed by atoms with Crippen LogP contribution in [0.4, 0.5) is 5.82 Å². The number of hydrogen-bond donors (Lipinski definition) is 1. The number of fused-ring (bicyclic) bond motifs is 1. The molecule has 1 heterocycles. The number of carbonyl (C=O) groups is 1. The summed E-state index contributed by atoms with van der Waals surface area (Å²) in [5.74, 6) is 1.29. The van der Waals surface area contributed by atoms with Crippen molar-refractivity contribution in [3.8, 4) is 5.75 Å². The second-order valence-electron chi connectivity index (χ2n) is 3.97. The minimum absolute atomic E-state index is 0.245.